The second-order valence-electron chi connectivity index (χ2n) is 15.9. The number of unbranched alkanes of at least 4 members (excludes halogenated alkanes) is 14. The van der Waals surface area contributed by atoms with Crippen LogP contribution in [0.1, 0.15) is 201 Å². The van der Waals surface area contributed by atoms with Gasteiger partial charge in [0.1, 0.15) is 0 Å². The van der Waals surface area contributed by atoms with Gasteiger partial charge in [0.15, 0.2) is 0 Å². The number of nitrogens with zero attached hydrogens (tertiary/aromatic N) is 1. The van der Waals surface area contributed by atoms with E-state index in [1.165, 1.54) is 164 Å². The lowest BCUT2D eigenvalue weighted by atomic mass is 9.79. The molecule has 1 aliphatic rings. The van der Waals surface area contributed by atoms with Crippen molar-refractivity contribution in [3.63, 3.8) is 0 Å². The number of hydrogen-bond acceptors (Lipinski definition) is 8. The zero-order valence-electron chi connectivity index (χ0n) is 35.1. The first-order valence-electron chi connectivity index (χ1n) is 22.5. The summed E-state index contributed by atoms with van der Waals surface area (Å²) in [5, 5.41) is 9.75. The molecule has 3 unspecified atom stereocenters. The van der Waals surface area contributed by atoms with E-state index in [2.05, 4.69) is 32.7 Å². The van der Waals surface area contributed by atoms with E-state index in [9.17, 15) is 14.7 Å². The summed E-state index contributed by atoms with van der Waals surface area (Å²) < 4.78 is 5.75. The molecule has 9 heteroatoms. The summed E-state index contributed by atoms with van der Waals surface area (Å²) in [5.74, 6) is 5.50. The number of ether oxygens (including phenoxy) is 1. The van der Waals surface area contributed by atoms with Gasteiger partial charge in [0.2, 0.25) is 0 Å². The minimum Gasteiger partial charge on any atom is -0.481 e. The fourth-order valence-electron chi connectivity index (χ4n) is 7.69. The maximum Gasteiger partial charge on any atom is 0.306 e. The molecule has 53 heavy (non-hydrogen) atoms. The fourth-order valence-corrected chi connectivity index (χ4v) is 12.4. The van der Waals surface area contributed by atoms with Gasteiger partial charge in [-0.25, -0.2) is 0 Å². The molecule has 1 aliphatic heterocycles. The van der Waals surface area contributed by atoms with Gasteiger partial charge in [-0.15, -0.1) is 0 Å². The summed E-state index contributed by atoms with van der Waals surface area (Å²) >= 11 is 0. The third-order valence-electron chi connectivity index (χ3n) is 11.2. The van der Waals surface area contributed by atoms with Crippen molar-refractivity contribution in [2.24, 2.45) is 17.8 Å². The van der Waals surface area contributed by atoms with Gasteiger partial charge in [0.25, 0.3) is 0 Å². The number of likely N-dealkylation sites (tertiary alicyclic amines) is 1. The SMILES string of the molecule is CCCCCCCCCCC(CCCCCCCCC(=O)OCCC(CCCSSCCCC)CCCSSCCCC)C1CC(C(=O)O)CCN1C. The number of carboxylic acids is 1. The molecule has 0 spiro atoms. The minimum absolute atomic E-state index is 0.00502. The summed E-state index contributed by atoms with van der Waals surface area (Å²) in [6.45, 7) is 8.30. The van der Waals surface area contributed by atoms with Gasteiger partial charge in [-0.2, -0.15) is 0 Å². The highest BCUT2D eigenvalue weighted by Crippen LogP contribution is 2.33. The van der Waals surface area contributed by atoms with Crippen LogP contribution in [0, 0.1) is 17.8 Å². The number of carbonyl (C=O) groups is 2. The first-order chi connectivity index (χ1) is 25.9. The lowest BCUT2D eigenvalue weighted by molar-refractivity contribution is -0.145. The molecule has 314 valence electrons. The maximum atomic E-state index is 12.6. The van der Waals surface area contributed by atoms with Crippen LogP contribution in [0.2, 0.25) is 0 Å². The molecule has 5 nitrogen and oxygen atoms in total. The quantitative estimate of drug-likeness (QED) is 0.0371. The maximum absolute atomic E-state index is 12.6. The number of carbonyl (C=O) groups excluding carboxylic acids is 1. The normalized spacial score (nSPS) is 17.1. The molecular weight excluding hydrogens is 735 g/mol. The Kier molecular flexibility index (Phi) is 36.7. The highest BCUT2D eigenvalue weighted by Gasteiger charge is 2.34. The topological polar surface area (TPSA) is 66.8 Å². The van der Waals surface area contributed by atoms with Crippen molar-refractivity contribution in [3.8, 4) is 0 Å². The molecule has 0 aromatic rings. The predicted molar refractivity (Wildman–Crippen MR) is 242 cm³/mol. The highest BCUT2D eigenvalue weighted by atomic mass is 33.1. The van der Waals surface area contributed by atoms with Crippen LogP contribution in [0.15, 0.2) is 0 Å². The zero-order valence-corrected chi connectivity index (χ0v) is 38.4. The Hall–Kier alpha value is 0.300. The Morgan fingerprint density at radius 2 is 1.09 bits per heavy atom. The number of piperidine rings is 1. The molecule has 0 amide bonds. The van der Waals surface area contributed by atoms with Crippen molar-refractivity contribution in [2.75, 3.05) is 43.2 Å². The smallest absolute Gasteiger partial charge is 0.306 e. The van der Waals surface area contributed by atoms with Crippen LogP contribution in [-0.2, 0) is 14.3 Å². The summed E-state index contributed by atoms with van der Waals surface area (Å²) in [4.78, 5) is 26.9. The standard InChI is InChI=1S/C44H85NO4S4/c1-5-8-11-12-13-14-17-20-27-40(42-38-41(44(47)48)30-32-45(42)4)28-21-18-15-16-19-22-29-43(46)49-33-31-39(25-23-36-52-50-34-9-6-2)26-24-37-53-51-35-10-7-3/h39-42H,5-38H2,1-4H3,(H,47,48). The van der Waals surface area contributed by atoms with Crippen LogP contribution in [0.25, 0.3) is 0 Å². The average molecular weight is 820 g/mol. The Balaban J connectivity index is 2.30. The van der Waals surface area contributed by atoms with Gasteiger partial charge in [0.05, 0.1) is 12.5 Å². The predicted octanol–water partition coefficient (Wildman–Crippen LogP) is 14.5. The van der Waals surface area contributed by atoms with Crippen molar-refractivity contribution in [1.29, 1.82) is 0 Å². The van der Waals surface area contributed by atoms with Crippen molar-refractivity contribution in [2.45, 2.75) is 207 Å². The molecule has 1 N–H and O–H groups in total. The Bertz CT molecular complexity index is 819. The van der Waals surface area contributed by atoms with E-state index in [4.69, 9.17) is 4.74 Å². The zero-order chi connectivity index (χ0) is 38.6. The number of carboxylic acid groups (broad SMARTS) is 1. The van der Waals surface area contributed by atoms with Gasteiger partial charge in [-0.3, -0.25) is 9.59 Å². The van der Waals surface area contributed by atoms with Crippen LogP contribution >= 0.6 is 43.2 Å². The second kappa shape index (κ2) is 37.9. The molecule has 0 bridgehead atoms. The van der Waals surface area contributed by atoms with E-state index in [0.717, 1.165) is 38.6 Å². The van der Waals surface area contributed by atoms with Gasteiger partial charge < -0.3 is 14.7 Å². The number of hydrogen-bond donors (Lipinski definition) is 1. The molecule has 0 aliphatic carbocycles. The summed E-state index contributed by atoms with van der Waals surface area (Å²) in [6, 6.07) is 0.410. The van der Waals surface area contributed by atoms with E-state index in [-0.39, 0.29) is 11.9 Å². The Labute approximate surface area is 345 Å². The molecule has 1 fully saturated rings. The van der Waals surface area contributed by atoms with Crippen LogP contribution in [0.4, 0.5) is 0 Å². The molecule has 0 radical (unpaired) electrons. The van der Waals surface area contributed by atoms with E-state index in [1.54, 1.807) is 0 Å². The van der Waals surface area contributed by atoms with Gasteiger partial charge >= 0.3 is 11.9 Å². The van der Waals surface area contributed by atoms with E-state index in [1.807, 2.05) is 43.2 Å². The summed E-state index contributed by atoms with van der Waals surface area (Å²) in [7, 11) is 10.4. The molecule has 0 aromatic heterocycles. The summed E-state index contributed by atoms with van der Waals surface area (Å²) in [5.41, 5.74) is 0. The molecule has 1 heterocycles. The molecule has 3 atom stereocenters. The molecule has 1 rings (SSSR count). The van der Waals surface area contributed by atoms with Gasteiger partial charge in [0, 0.05) is 35.5 Å². The second-order valence-corrected chi connectivity index (χ2v) is 21.3. The van der Waals surface area contributed by atoms with Crippen molar-refractivity contribution < 1.29 is 19.4 Å². The summed E-state index contributed by atoms with van der Waals surface area (Å²) in [6.07, 6.45) is 33.6. The van der Waals surface area contributed by atoms with Crippen LogP contribution in [-0.4, -0.2) is 71.2 Å². The molecule has 0 aromatic carbocycles. The van der Waals surface area contributed by atoms with Crippen LogP contribution in [0.5, 0.6) is 0 Å². The lowest BCUT2D eigenvalue weighted by Gasteiger charge is -2.40. The third-order valence-corrected chi connectivity index (χ3v) is 16.4. The van der Waals surface area contributed by atoms with E-state index in [0.29, 0.717) is 30.9 Å². The van der Waals surface area contributed by atoms with Crippen molar-refractivity contribution in [1.82, 2.24) is 4.90 Å². The largest absolute Gasteiger partial charge is 0.481 e. The van der Waals surface area contributed by atoms with E-state index >= 15 is 0 Å². The monoisotopic (exact) mass is 820 g/mol. The first kappa shape index (κ1) is 51.3. The fraction of sp³-hybridized carbons (Fsp3) is 0.955. The van der Waals surface area contributed by atoms with E-state index < -0.39 is 5.97 Å². The van der Waals surface area contributed by atoms with Crippen LogP contribution in [0.3, 0.4) is 0 Å². The van der Waals surface area contributed by atoms with Crippen molar-refractivity contribution >= 4 is 55.1 Å². The highest BCUT2D eigenvalue weighted by molar-refractivity contribution is 8.77. The van der Waals surface area contributed by atoms with Crippen LogP contribution < -0.4 is 0 Å². The number of esters is 1. The Morgan fingerprint density at radius 3 is 1.60 bits per heavy atom. The van der Waals surface area contributed by atoms with Gasteiger partial charge in [-0.1, -0.05) is 160 Å². The van der Waals surface area contributed by atoms with Crippen molar-refractivity contribution in [3.05, 3.63) is 0 Å². The lowest BCUT2D eigenvalue weighted by Crippen LogP contribution is -2.46. The molecule has 0 saturated carbocycles. The minimum atomic E-state index is -0.600. The average Bonchev–Trinajstić information content (AvgIpc) is 3.15. The third kappa shape index (κ3) is 30.1. The number of rotatable bonds is 39. The Morgan fingerprint density at radius 1 is 0.623 bits per heavy atom. The first-order valence-corrected chi connectivity index (χ1v) is 27.5. The number of aliphatic carboxylic acids is 1. The van der Waals surface area contributed by atoms with Gasteiger partial charge in [-0.05, 0) is 102 Å². The molecular formula is C44H85NO4S4. The molecule has 1 saturated heterocycles.